The summed E-state index contributed by atoms with van der Waals surface area (Å²) in [5, 5.41) is 4.40. The van der Waals surface area contributed by atoms with Gasteiger partial charge in [0.05, 0.1) is 28.5 Å². The molecule has 0 unspecified atom stereocenters. The highest BCUT2D eigenvalue weighted by Crippen LogP contribution is 2.24. The van der Waals surface area contributed by atoms with Crippen LogP contribution < -0.4 is 4.72 Å². The molecule has 3 rings (SSSR count). The van der Waals surface area contributed by atoms with Gasteiger partial charge in [0.1, 0.15) is 5.82 Å². The first-order valence-corrected chi connectivity index (χ1v) is 9.21. The van der Waals surface area contributed by atoms with Crippen LogP contribution in [0, 0.1) is 19.7 Å². The first-order valence-electron chi connectivity index (χ1n) is 7.73. The molecule has 0 spiro atoms. The van der Waals surface area contributed by atoms with Crippen molar-refractivity contribution in [1.82, 2.24) is 9.78 Å². The summed E-state index contributed by atoms with van der Waals surface area (Å²) in [5.41, 5.74) is 2.62. The van der Waals surface area contributed by atoms with Crippen molar-refractivity contribution in [1.29, 1.82) is 0 Å². The maximum Gasteiger partial charge on any atom is 0.262 e. The third-order valence-electron chi connectivity index (χ3n) is 3.92. The maximum atomic E-state index is 13.0. The zero-order chi connectivity index (χ0) is 18.0. The molecule has 0 aliphatic rings. The molecular weight excluding hydrogens is 341 g/mol. The van der Waals surface area contributed by atoms with Crippen LogP contribution in [-0.4, -0.2) is 18.2 Å². The van der Waals surface area contributed by atoms with Crippen LogP contribution in [0.2, 0.25) is 0 Å². The van der Waals surface area contributed by atoms with E-state index in [1.807, 2.05) is 0 Å². The van der Waals surface area contributed by atoms with Crippen molar-refractivity contribution in [3.8, 4) is 0 Å². The van der Waals surface area contributed by atoms with Crippen LogP contribution >= 0.6 is 0 Å². The van der Waals surface area contributed by atoms with E-state index in [2.05, 4.69) is 9.82 Å². The van der Waals surface area contributed by atoms with E-state index in [0.29, 0.717) is 23.6 Å². The number of nitrogens with zero attached hydrogens (tertiary/aromatic N) is 2. The van der Waals surface area contributed by atoms with E-state index in [9.17, 15) is 12.8 Å². The second-order valence-electron chi connectivity index (χ2n) is 5.75. The number of aromatic nitrogens is 2. The molecule has 1 heterocycles. The van der Waals surface area contributed by atoms with Gasteiger partial charge >= 0.3 is 0 Å². The number of anilines is 1. The van der Waals surface area contributed by atoms with Crippen molar-refractivity contribution in [3.63, 3.8) is 0 Å². The van der Waals surface area contributed by atoms with Gasteiger partial charge in [-0.15, -0.1) is 0 Å². The standard InChI is InChI=1S/C18H18FN3O2S/c1-13-18(21-25(23,24)17-6-4-3-5-7-17)14(2)22(20-13)12-15-8-10-16(19)11-9-15/h3-11,21H,12H2,1-2H3. The monoisotopic (exact) mass is 359 g/mol. The minimum absolute atomic E-state index is 0.195. The fourth-order valence-electron chi connectivity index (χ4n) is 2.55. The summed E-state index contributed by atoms with van der Waals surface area (Å²) in [6.07, 6.45) is 0. The molecule has 25 heavy (non-hydrogen) atoms. The van der Waals surface area contributed by atoms with Gasteiger partial charge in [-0.1, -0.05) is 30.3 Å². The molecule has 0 saturated carbocycles. The van der Waals surface area contributed by atoms with E-state index in [-0.39, 0.29) is 10.7 Å². The SMILES string of the molecule is Cc1nn(Cc2ccc(F)cc2)c(C)c1NS(=O)(=O)c1ccccc1. The molecule has 0 fully saturated rings. The zero-order valence-corrected chi connectivity index (χ0v) is 14.7. The molecule has 130 valence electrons. The normalized spacial score (nSPS) is 11.5. The third kappa shape index (κ3) is 3.71. The quantitative estimate of drug-likeness (QED) is 0.758. The highest BCUT2D eigenvalue weighted by Gasteiger charge is 2.19. The molecule has 1 aromatic heterocycles. The number of hydrogen-bond acceptors (Lipinski definition) is 3. The predicted octanol–water partition coefficient (Wildman–Crippen LogP) is 3.49. The van der Waals surface area contributed by atoms with Crippen molar-refractivity contribution < 1.29 is 12.8 Å². The Kier molecular flexibility index (Phi) is 4.59. The van der Waals surface area contributed by atoms with Crippen LogP contribution in [0.3, 0.4) is 0 Å². The van der Waals surface area contributed by atoms with E-state index in [0.717, 1.165) is 5.56 Å². The number of halogens is 1. The average Bonchev–Trinajstić information content (AvgIpc) is 2.85. The van der Waals surface area contributed by atoms with Gasteiger partial charge in [0.25, 0.3) is 10.0 Å². The number of sulfonamides is 1. The lowest BCUT2D eigenvalue weighted by atomic mass is 10.2. The number of benzene rings is 2. The lowest BCUT2D eigenvalue weighted by Crippen LogP contribution is -2.14. The van der Waals surface area contributed by atoms with Gasteiger partial charge in [0.2, 0.25) is 0 Å². The van der Waals surface area contributed by atoms with E-state index in [1.165, 1.54) is 24.3 Å². The largest absolute Gasteiger partial charge is 0.276 e. The molecular formula is C18H18FN3O2S. The lowest BCUT2D eigenvalue weighted by molar-refractivity contribution is 0.601. The summed E-state index contributed by atoms with van der Waals surface area (Å²) in [6, 6.07) is 14.3. The summed E-state index contributed by atoms with van der Waals surface area (Å²) in [7, 11) is -3.68. The van der Waals surface area contributed by atoms with Crippen molar-refractivity contribution in [3.05, 3.63) is 77.4 Å². The fourth-order valence-corrected chi connectivity index (χ4v) is 3.75. The number of nitrogens with one attached hydrogen (secondary N) is 1. The molecule has 3 aromatic rings. The molecule has 0 radical (unpaired) electrons. The number of aryl methyl sites for hydroxylation is 1. The molecule has 0 atom stereocenters. The first-order chi connectivity index (χ1) is 11.9. The van der Waals surface area contributed by atoms with Crippen molar-refractivity contribution in [2.24, 2.45) is 0 Å². The zero-order valence-electron chi connectivity index (χ0n) is 13.9. The summed E-state index contributed by atoms with van der Waals surface area (Å²) < 4.78 is 42.4. The van der Waals surface area contributed by atoms with E-state index in [4.69, 9.17) is 0 Å². The molecule has 7 heteroatoms. The predicted molar refractivity (Wildman–Crippen MR) is 94.5 cm³/mol. The van der Waals surface area contributed by atoms with E-state index < -0.39 is 10.0 Å². The van der Waals surface area contributed by atoms with Crippen LogP contribution in [0.25, 0.3) is 0 Å². The highest BCUT2D eigenvalue weighted by atomic mass is 32.2. The van der Waals surface area contributed by atoms with Gasteiger partial charge in [0.15, 0.2) is 0 Å². The van der Waals surface area contributed by atoms with Gasteiger partial charge in [-0.05, 0) is 43.7 Å². The Morgan fingerprint density at radius 2 is 1.68 bits per heavy atom. The minimum Gasteiger partial charge on any atom is -0.276 e. The van der Waals surface area contributed by atoms with Gasteiger partial charge in [-0.3, -0.25) is 9.40 Å². The Hall–Kier alpha value is -2.67. The fraction of sp³-hybridized carbons (Fsp3) is 0.167. The molecule has 0 bridgehead atoms. The Labute approximate surface area is 146 Å². The smallest absolute Gasteiger partial charge is 0.262 e. The number of rotatable bonds is 5. The van der Waals surface area contributed by atoms with Crippen LogP contribution in [-0.2, 0) is 16.6 Å². The van der Waals surface area contributed by atoms with E-state index in [1.54, 1.807) is 48.9 Å². The van der Waals surface area contributed by atoms with Crippen LogP contribution in [0.1, 0.15) is 17.0 Å². The molecule has 2 aromatic carbocycles. The molecule has 0 amide bonds. The van der Waals surface area contributed by atoms with Crippen LogP contribution in [0.15, 0.2) is 59.5 Å². The number of hydrogen-bond donors (Lipinski definition) is 1. The van der Waals surface area contributed by atoms with Crippen LogP contribution in [0.5, 0.6) is 0 Å². The van der Waals surface area contributed by atoms with Crippen LogP contribution in [0.4, 0.5) is 10.1 Å². The van der Waals surface area contributed by atoms with Crippen molar-refractivity contribution in [2.75, 3.05) is 4.72 Å². The average molecular weight is 359 g/mol. The summed E-state index contributed by atoms with van der Waals surface area (Å²) in [5.74, 6) is -0.298. The Balaban J connectivity index is 1.88. The van der Waals surface area contributed by atoms with Crippen molar-refractivity contribution in [2.45, 2.75) is 25.3 Å². The molecule has 1 N–H and O–H groups in total. The van der Waals surface area contributed by atoms with Gasteiger partial charge in [0, 0.05) is 0 Å². The Morgan fingerprint density at radius 3 is 2.32 bits per heavy atom. The van der Waals surface area contributed by atoms with Crippen molar-refractivity contribution >= 4 is 15.7 Å². The topological polar surface area (TPSA) is 64.0 Å². The molecule has 5 nitrogen and oxygen atoms in total. The second kappa shape index (κ2) is 6.68. The minimum atomic E-state index is -3.68. The van der Waals surface area contributed by atoms with Gasteiger partial charge < -0.3 is 0 Å². The Morgan fingerprint density at radius 1 is 1.04 bits per heavy atom. The molecule has 0 aliphatic heterocycles. The Bertz CT molecular complexity index is 981. The second-order valence-corrected chi connectivity index (χ2v) is 7.43. The summed E-state index contributed by atoms with van der Waals surface area (Å²) in [4.78, 5) is 0.195. The van der Waals surface area contributed by atoms with Gasteiger partial charge in [-0.25, -0.2) is 12.8 Å². The highest BCUT2D eigenvalue weighted by molar-refractivity contribution is 7.92. The summed E-state index contributed by atoms with van der Waals surface area (Å²) in [6.45, 7) is 3.98. The first kappa shape index (κ1) is 17.2. The maximum absolute atomic E-state index is 13.0. The molecule has 0 aliphatic carbocycles. The van der Waals surface area contributed by atoms with Gasteiger partial charge in [-0.2, -0.15) is 5.10 Å². The summed E-state index contributed by atoms with van der Waals surface area (Å²) >= 11 is 0. The van der Waals surface area contributed by atoms with E-state index >= 15 is 0 Å². The third-order valence-corrected chi connectivity index (χ3v) is 5.28. The lowest BCUT2D eigenvalue weighted by Gasteiger charge is -2.09. The molecule has 0 saturated heterocycles.